The van der Waals surface area contributed by atoms with E-state index < -0.39 is 35.6 Å². The number of hydrogen-bond acceptors (Lipinski definition) is 7. The highest BCUT2D eigenvalue weighted by Gasteiger charge is 2.71. The Morgan fingerprint density at radius 1 is 1.14 bits per heavy atom. The molecule has 148 valence electrons. The molecule has 0 amide bonds. The van der Waals surface area contributed by atoms with Crippen LogP contribution in [-0.2, 0) is 34.2 Å². The summed E-state index contributed by atoms with van der Waals surface area (Å²) in [5.74, 6) is -2.31. The van der Waals surface area contributed by atoms with Gasteiger partial charge in [-0.2, -0.15) is 0 Å². The fraction of sp³-hybridized carbons (Fsp3) is 0.571. The van der Waals surface area contributed by atoms with Crippen molar-refractivity contribution in [3.63, 3.8) is 0 Å². The van der Waals surface area contributed by atoms with Gasteiger partial charge in [0.15, 0.2) is 12.2 Å². The molecular weight excluding hydrogens is 380 g/mol. The molecule has 0 spiro atoms. The van der Waals surface area contributed by atoms with Crippen molar-refractivity contribution >= 4 is 29.7 Å². The minimum absolute atomic E-state index is 0.143. The van der Waals surface area contributed by atoms with Crippen LogP contribution in [0.1, 0.15) is 38.2 Å². The van der Waals surface area contributed by atoms with Crippen molar-refractivity contribution in [3.8, 4) is 0 Å². The van der Waals surface area contributed by atoms with E-state index in [1.807, 2.05) is 30.3 Å². The molecule has 6 nitrogen and oxygen atoms in total. The highest BCUT2D eigenvalue weighted by molar-refractivity contribution is 8.01. The van der Waals surface area contributed by atoms with Crippen molar-refractivity contribution in [2.45, 2.75) is 60.9 Å². The lowest BCUT2D eigenvalue weighted by Gasteiger charge is -2.34. The van der Waals surface area contributed by atoms with E-state index in [0.717, 1.165) is 31.2 Å². The second kappa shape index (κ2) is 6.51. The summed E-state index contributed by atoms with van der Waals surface area (Å²) in [6, 6.07) is 9.84. The van der Waals surface area contributed by atoms with Crippen LogP contribution in [0.5, 0.6) is 0 Å². The topological polar surface area (TPSA) is 78.9 Å². The first kappa shape index (κ1) is 18.0. The molecule has 1 aromatic rings. The average molecular weight is 402 g/mol. The first-order valence-electron chi connectivity index (χ1n) is 9.82. The van der Waals surface area contributed by atoms with Gasteiger partial charge in [-0.3, -0.25) is 14.4 Å². The number of thioether (sulfide) groups is 1. The molecule has 2 bridgehead atoms. The number of carbonyl (C=O) groups is 3. The smallest absolute Gasteiger partial charge is 0.312 e. The second-order valence-electron chi connectivity index (χ2n) is 8.08. The number of hydrogen-bond donors (Lipinski definition) is 0. The molecule has 5 rings (SSSR count). The molecule has 4 aliphatic rings. The van der Waals surface area contributed by atoms with Crippen LogP contribution in [0.4, 0.5) is 0 Å². The van der Waals surface area contributed by atoms with Crippen LogP contribution < -0.4 is 0 Å². The Labute approximate surface area is 167 Å². The van der Waals surface area contributed by atoms with Crippen LogP contribution in [-0.4, -0.2) is 40.6 Å². The van der Waals surface area contributed by atoms with Gasteiger partial charge >= 0.3 is 17.9 Å². The summed E-state index contributed by atoms with van der Waals surface area (Å²) in [6.07, 6.45) is 2.53. The van der Waals surface area contributed by atoms with E-state index in [-0.39, 0.29) is 22.4 Å². The molecular formula is C21H22O6S. The maximum Gasteiger partial charge on any atom is 0.312 e. The van der Waals surface area contributed by atoms with Gasteiger partial charge in [0.25, 0.3) is 0 Å². The Bertz CT molecular complexity index is 817. The highest BCUT2D eigenvalue weighted by atomic mass is 32.2. The van der Waals surface area contributed by atoms with E-state index >= 15 is 0 Å². The zero-order valence-electron chi connectivity index (χ0n) is 15.5. The van der Waals surface area contributed by atoms with Crippen LogP contribution in [0.2, 0.25) is 0 Å². The van der Waals surface area contributed by atoms with Crippen molar-refractivity contribution in [3.05, 3.63) is 35.9 Å². The monoisotopic (exact) mass is 402 g/mol. The summed E-state index contributed by atoms with van der Waals surface area (Å²) >= 11 is 1.53. The minimum atomic E-state index is -0.635. The second-order valence-corrected chi connectivity index (χ2v) is 9.44. The summed E-state index contributed by atoms with van der Waals surface area (Å²) in [5.41, 5.74) is 0.365. The molecule has 3 heterocycles. The number of benzene rings is 1. The van der Waals surface area contributed by atoms with Gasteiger partial charge in [0.2, 0.25) is 0 Å². The molecule has 6 unspecified atom stereocenters. The standard InChI is InChI=1S/C21H22O6S/c1-11(22)25-15-16-17-13(19(23)26-16)14(18(15)28-17)20(24)27-21(9-5-6-10-21)12-7-3-2-4-8-12/h2-4,7-8,13-18H,5-6,9-10H2,1H3. The van der Waals surface area contributed by atoms with Crippen LogP contribution in [0.25, 0.3) is 0 Å². The van der Waals surface area contributed by atoms with E-state index in [9.17, 15) is 14.4 Å². The summed E-state index contributed by atoms with van der Waals surface area (Å²) < 4.78 is 17.1. The maximum absolute atomic E-state index is 13.4. The number of rotatable bonds is 4. The molecule has 1 saturated carbocycles. The van der Waals surface area contributed by atoms with Gasteiger partial charge in [-0.1, -0.05) is 30.3 Å². The van der Waals surface area contributed by atoms with Gasteiger partial charge in [-0.05, 0) is 31.2 Å². The average Bonchev–Trinajstić information content (AvgIpc) is 3.40. The van der Waals surface area contributed by atoms with Crippen molar-refractivity contribution < 1.29 is 28.6 Å². The third-order valence-electron chi connectivity index (χ3n) is 6.49. The largest absolute Gasteiger partial charge is 0.457 e. The molecule has 3 aliphatic heterocycles. The first-order valence-corrected chi connectivity index (χ1v) is 10.8. The zero-order valence-corrected chi connectivity index (χ0v) is 16.4. The fourth-order valence-electron chi connectivity index (χ4n) is 5.33. The van der Waals surface area contributed by atoms with E-state index in [0.29, 0.717) is 0 Å². The fourth-order valence-corrected chi connectivity index (χ4v) is 7.32. The van der Waals surface area contributed by atoms with E-state index in [2.05, 4.69) is 0 Å². The number of carbonyl (C=O) groups excluding carboxylic acids is 3. The number of esters is 3. The van der Waals surface area contributed by atoms with Gasteiger partial charge in [-0.15, -0.1) is 11.8 Å². The summed E-state index contributed by atoms with van der Waals surface area (Å²) in [6.45, 7) is 1.33. The quantitative estimate of drug-likeness (QED) is 0.566. The molecule has 1 aromatic carbocycles. The van der Waals surface area contributed by atoms with Crippen LogP contribution >= 0.6 is 11.8 Å². The van der Waals surface area contributed by atoms with Crippen LogP contribution in [0.3, 0.4) is 0 Å². The molecule has 0 radical (unpaired) electrons. The summed E-state index contributed by atoms with van der Waals surface area (Å²) in [5, 5.41) is -0.437. The number of fused-ring (bicyclic) bond motifs is 1. The van der Waals surface area contributed by atoms with E-state index in [4.69, 9.17) is 14.2 Å². The minimum Gasteiger partial charge on any atom is -0.457 e. The molecule has 7 heteroatoms. The maximum atomic E-state index is 13.4. The normalized spacial score (nSPS) is 37.0. The SMILES string of the molecule is CC(=O)OC1C2OC(=O)C3C2SC1C3C(=O)OC1(c2ccccc2)CCCC1. The van der Waals surface area contributed by atoms with Gasteiger partial charge < -0.3 is 14.2 Å². The van der Waals surface area contributed by atoms with Crippen molar-refractivity contribution in [1.82, 2.24) is 0 Å². The lowest BCUT2D eigenvalue weighted by Crippen LogP contribution is -2.48. The zero-order chi connectivity index (χ0) is 19.5. The Balaban J connectivity index is 1.43. The Morgan fingerprint density at radius 2 is 1.86 bits per heavy atom. The molecule has 28 heavy (non-hydrogen) atoms. The Kier molecular flexibility index (Phi) is 4.19. The summed E-state index contributed by atoms with van der Waals surface area (Å²) in [4.78, 5) is 37.3. The Hall–Kier alpha value is -2.02. The third kappa shape index (κ3) is 2.59. The van der Waals surface area contributed by atoms with Crippen molar-refractivity contribution in [1.29, 1.82) is 0 Å². The highest BCUT2D eigenvalue weighted by Crippen LogP contribution is 2.59. The molecule has 6 atom stereocenters. The first-order chi connectivity index (χ1) is 13.5. The lowest BCUT2D eigenvalue weighted by atomic mass is 9.78. The predicted octanol–water partition coefficient (Wildman–Crippen LogP) is 2.59. The van der Waals surface area contributed by atoms with E-state index in [1.54, 1.807) is 0 Å². The van der Waals surface area contributed by atoms with Gasteiger partial charge in [0.05, 0.1) is 22.3 Å². The Morgan fingerprint density at radius 3 is 2.54 bits per heavy atom. The molecule has 3 saturated heterocycles. The summed E-state index contributed by atoms with van der Waals surface area (Å²) in [7, 11) is 0. The molecule has 4 fully saturated rings. The third-order valence-corrected chi connectivity index (χ3v) is 8.24. The van der Waals surface area contributed by atoms with Crippen LogP contribution in [0, 0.1) is 11.8 Å². The van der Waals surface area contributed by atoms with Crippen molar-refractivity contribution in [2.24, 2.45) is 11.8 Å². The van der Waals surface area contributed by atoms with E-state index in [1.165, 1.54) is 18.7 Å². The van der Waals surface area contributed by atoms with Gasteiger partial charge in [-0.25, -0.2) is 0 Å². The predicted molar refractivity (Wildman–Crippen MR) is 100 cm³/mol. The van der Waals surface area contributed by atoms with Crippen LogP contribution in [0.15, 0.2) is 30.3 Å². The molecule has 1 aliphatic carbocycles. The molecule has 0 N–H and O–H groups in total. The molecule has 0 aromatic heterocycles. The van der Waals surface area contributed by atoms with Gasteiger partial charge in [0.1, 0.15) is 5.60 Å². The lowest BCUT2D eigenvalue weighted by molar-refractivity contribution is -0.171. The van der Waals surface area contributed by atoms with Gasteiger partial charge in [0, 0.05) is 6.92 Å². The van der Waals surface area contributed by atoms with Crippen molar-refractivity contribution in [2.75, 3.05) is 0 Å². The number of ether oxygens (including phenoxy) is 3.